The molecule has 0 unspecified atom stereocenters. The van der Waals surface area contributed by atoms with Gasteiger partial charge in [0, 0.05) is 31.5 Å². The van der Waals surface area contributed by atoms with Gasteiger partial charge in [0.1, 0.15) is 5.82 Å². The van der Waals surface area contributed by atoms with E-state index in [0.29, 0.717) is 35.9 Å². The lowest BCUT2D eigenvalue weighted by molar-refractivity contribution is -0.118. The maximum atomic E-state index is 10.9. The minimum atomic E-state index is -0.0845. The fourth-order valence-corrected chi connectivity index (χ4v) is 2.16. The first-order valence-electron chi connectivity index (χ1n) is 6.62. The number of benzene rings is 1. The number of ether oxygens (including phenoxy) is 2. The van der Waals surface area contributed by atoms with Gasteiger partial charge in [0.2, 0.25) is 11.2 Å². The Morgan fingerprint density at radius 1 is 1.18 bits per heavy atom. The monoisotopic (exact) mass is 324 g/mol. The van der Waals surface area contributed by atoms with E-state index in [2.05, 4.69) is 20.6 Å². The molecule has 0 aliphatic rings. The minimum Gasteiger partial charge on any atom is -0.493 e. The number of rotatable bonds is 6. The molecule has 0 bridgehead atoms. The van der Waals surface area contributed by atoms with Crippen LogP contribution in [0.15, 0.2) is 12.1 Å². The van der Waals surface area contributed by atoms with E-state index in [1.165, 1.54) is 6.92 Å². The van der Waals surface area contributed by atoms with Crippen molar-refractivity contribution in [2.75, 3.05) is 32.6 Å². The van der Waals surface area contributed by atoms with Crippen LogP contribution in [0.1, 0.15) is 6.92 Å². The summed E-state index contributed by atoms with van der Waals surface area (Å²) in [6.45, 7) is 2.45. The number of hydrogen-bond donors (Lipinski definition) is 2. The fourth-order valence-electron chi connectivity index (χ4n) is 1.98. The molecule has 1 heterocycles. The summed E-state index contributed by atoms with van der Waals surface area (Å²) < 4.78 is 10.5. The van der Waals surface area contributed by atoms with E-state index >= 15 is 0 Å². The minimum absolute atomic E-state index is 0.0845. The Kier molecular flexibility index (Phi) is 5.21. The number of carbonyl (C=O) groups excluding carboxylic acids is 1. The third-order valence-electron chi connectivity index (χ3n) is 2.97. The zero-order valence-electron chi connectivity index (χ0n) is 12.6. The Morgan fingerprint density at radius 3 is 2.50 bits per heavy atom. The van der Waals surface area contributed by atoms with Gasteiger partial charge in [-0.15, -0.1) is 0 Å². The third kappa shape index (κ3) is 3.67. The SMILES string of the molecule is COc1cc2nc(Cl)nc(NCCNC(C)=O)c2cc1OC. The molecule has 0 aliphatic heterocycles. The molecule has 1 amide bonds. The second-order valence-electron chi connectivity index (χ2n) is 4.48. The largest absolute Gasteiger partial charge is 0.493 e. The first-order chi connectivity index (χ1) is 10.5. The summed E-state index contributed by atoms with van der Waals surface area (Å²) in [7, 11) is 3.11. The molecule has 2 aromatic rings. The van der Waals surface area contributed by atoms with Gasteiger partial charge in [-0.1, -0.05) is 0 Å². The molecule has 1 aromatic heterocycles. The van der Waals surface area contributed by atoms with Gasteiger partial charge >= 0.3 is 0 Å². The Labute approximate surface area is 133 Å². The number of anilines is 1. The molecule has 118 valence electrons. The van der Waals surface area contributed by atoms with Crippen LogP contribution in [0.2, 0.25) is 5.28 Å². The normalized spacial score (nSPS) is 10.4. The van der Waals surface area contributed by atoms with E-state index in [4.69, 9.17) is 21.1 Å². The lowest BCUT2D eigenvalue weighted by Crippen LogP contribution is -2.26. The average Bonchev–Trinajstić information content (AvgIpc) is 2.49. The molecule has 0 spiro atoms. The highest BCUT2D eigenvalue weighted by Crippen LogP contribution is 2.34. The quantitative estimate of drug-likeness (QED) is 0.623. The fraction of sp³-hybridized carbons (Fsp3) is 0.357. The van der Waals surface area contributed by atoms with Crippen LogP contribution in [0, 0.1) is 0 Å². The van der Waals surface area contributed by atoms with Crippen LogP contribution in [0.3, 0.4) is 0 Å². The highest BCUT2D eigenvalue weighted by Gasteiger charge is 2.12. The Morgan fingerprint density at radius 2 is 1.86 bits per heavy atom. The van der Waals surface area contributed by atoms with E-state index in [0.717, 1.165) is 5.39 Å². The maximum absolute atomic E-state index is 10.9. The Hall–Kier alpha value is -2.28. The molecule has 0 atom stereocenters. The van der Waals surface area contributed by atoms with Gasteiger partial charge in [0.25, 0.3) is 0 Å². The molecule has 2 N–H and O–H groups in total. The number of nitrogens with zero attached hydrogens (tertiary/aromatic N) is 2. The van der Waals surface area contributed by atoms with E-state index in [-0.39, 0.29) is 11.2 Å². The number of aromatic nitrogens is 2. The molecule has 1 aromatic carbocycles. The van der Waals surface area contributed by atoms with E-state index in [1.807, 2.05) is 0 Å². The molecular weight excluding hydrogens is 308 g/mol. The topological polar surface area (TPSA) is 85.4 Å². The summed E-state index contributed by atoms with van der Waals surface area (Å²) >= 11 is 5.95. The lowest BCUT2D eigenvalue weighted by atomic mass is 10.2. The van der Waals surface area contributed by atoms with Crippen molar-refractivity contribution in [1.29, 1.82) is 0 Å². The summed E-state index contributed by atoms with van der Waals surface area (Å²) in [5.41, 5.74) is 0.639. The van der Waals surface area contributed by atoms with Crippen molar-refractivity contribution in [2.24, 2.45) is 0 Å². The Balaban J connectivity index is 2.33. The van der Waals surface area contributed by atoms with Gasteiger partial charge < -0.3 is 20.1 Å². The molecule has 2 rings (SSSR count). The van der Waals surface area contributed by atoms with Crippen LogP contribution in [0.5, 0.6) is 11.5 Å². The lowest BCUT2D eigenvalue weighted by Gasteiger charge is -2.12. The third-order valence-corrected chi connectivity index (χ3v) is 3.13. The van der Waals surface area contributed by atoms with Gasteiger partial charge in [-0.2, -0.15) is 0 Å². The molecule has 0 fully saturated rings. The summed E-state index contributed by atoms with van der Waals surface area (Å²) in [5, 5.41) is 6.70. The summed E-state index contributed by atoms with van der Waals surface area (Å²) in [6.07, 6.45) is 0. The van der Waals surface area contributed by atoms with Crippen molar-refractivity contribution in [1.82, 2.24) is 15.3 Å². The average molecular weight is 325 g/mol. The highest BCUT2D eigenvalue weighted by molar-refractivity contribution is 6.28. The summed E-state index contributed by atoms with van der Waals surface area (Å²) in [4.78, 5) is 19.2. The van der Waals surface area contributed by atoms with Gasteiger partial charge in [0.05, 0.1) is 19.7 Å². The van der Waals surface area contributed by atoms with Crippen molar-refractivity contribution < 1.29 is 14.3 Å². The van der Waals surface area contributed by atoms with Gasteiger partial charge in [-0.05, 0) is 17.7 Å². The highest BCUT2D eigenvalue weighted by atomic mass is 35.5. The van der Waals surface area contributed by atoms with E-state index in [9.17, 15) is 4.79 Å². The van der Waals surface area contributed by atoms with Crippen LogP contribution >= 0.6 is 11.6 Å². The van der Waals surface area contributed by atoms with Crippen molar-refractivity contribution in [3.8, 4) is 11.5 Å². The van der Waals surface area contributed by atoms with E-state index < -0.39 is 0 Å². The van der Waals surface area contributed by atoms with Crippen LogP contribution in [-0.4, -0.2) is 43.2 Å². The van der Waals surface area contributed by atoms with Crippen molar-refractivity contribution in [2.45, 2.75) is 6.92 Å². The van der Waals surface area contributed by atoms with Crippen molar-refractivity contribution >= 4 is 34.2 Å². The molecular formula is C14H17ClN4O3. The number of methoxy groups -OCH3 is 2. The summed E-state index contributed by atoms with van der Waals surface area (Å²) in [6, 6.07) is 3.52. The van der Waals surface area contributed by atoms with Crippen molar-refractivity contribution in [3.05, 3.63) is 17.4 Å². The molecule has 8 heteroatoms. The van der Waals surface area contributed by atoms with E-state index in [1.54, 1.807) is 26.4 Å². The molecule has 0 aliphatic carbocycles. The standard InChI is InChI=1S/C14H17ClN4O3/c1-8(20)16-4-5-17-13-9-6-11(21-2)12(22-3)7-10(9)18-14(15)19-13/h6-7H,4-5H2,1-3H3,(H,16,20)(H,17,18,19). The Bertz CT molecular complexity index is 693. The van der Waals surface area contributed by atoms with Gasteiger partial charge in [-0.25, -0.2) is 9.97 Å². The van der Waals surface area contributed by atoms with Gasteiger partial charge in [-0.3, -0.25) is 4.79 Å². The molecule has 7 nitrogen and oxygen atoms in total. The van der Waals surface area contributed by atoms with Crippen molar-refractivity contribution in [3.63, 3.8) is 0 Å². The predicted octanol–water partition coefficient (Wildman–Crippen LogP) is 1.85. The van der Waals surface area contributed by atoms with Gasteiger partial charge in [0.15, 0.2) is 11.5 Å². The number of amides is 1. The number of halogens is 1. The maximum Gasteiger partial charge on any atom is 0.224 e. The first-order valence-corrected chi connectivity index (χ1v) is 7.00. The number of carbonyl (C=O) groups is 1. The number of fused-ring (bicyclic) bond motifs is 1. The molecule has 0 radical (unpaired) electrons. The second kappa shape index (κ2) is 7.13. The predicted molar refractivity (Wildman–Crippen MR) is 84.8 cm³/mol. The molecule has 22 heavy (non-hydrogen) atoms. The second-order valence-corrected chi connectivity index (χ2v) is 4.81. The smallest absolute Gasteiger partial charge is 0.224 e. The van der Waals surface area contributed by atoms with Crippen LogP contribution in [0.25, 0.3) is 10.9 Å². The summed E-state index contributed by atoms with van der Waals surface area (Å²) in [5.74, 6) is 1.62. The molecule has 0 saturated heterocycles. The van der Waals surface area contributed by atoms with Crippen LogP contribution < -0.4 is 20.1 Å². The zero-order valence-corrected chi connectivity index (χ0v) is 13.3. The number of hydrogen-bond acceptors (Lipinski definition) is 6. The zero-order chi connectivity index (χ0) is 16.1. The van der Waals surface area contributed by atoms with Crippen LogP contribution in [-0.2, 0) is 4.79 Å². The van der Waals surface area contributed by atoms with Crippen LogP contribution in [0.4, 0.5) is 5.82 Å². The molecule has 0 saturated carbocycles. The number of nitrogens with one attached hydrogen (secondary N) is 2. The first kappa shape index (κ1) is 16.1.